The summed E-state index contributed by atoms with van der Waals surface area (Å²) in [5.41, 5.74) is 6.36. The lowest BCUT2D eigenvalue weighted by atomic mass is 9.98. The molecule has 0 amide bonds. The van der Waals surface area contributed by atoms with Crippen molar-refractivity contribution in [2.75, 3.05) is 12.3 Å². The molecular weight excluding hydrogens is 248 g/mol. The number of aliphatic hydroxyl groups excluding tert-OH is 2. The molecule has 0 spiro atoms. The Balaban J connectivity index is 3.03. The van der Waals surface area contributed by atoms with E-state index in [2.05, 4.69) is 0 Å². The number of hydrogen-bond donors (Lipinski definition) is 3. The SMILES string of the molecule is CCOC(=O)c1ccc(N)c(C(O)C(O)CC#N)c1. The maximum absolute atomic E-state index is 11.6. The number of rotatable bonds is 5. The fourth-order valence-corrected chi connectivity index (χ4v) is 1.58. The molecule has 2 atom stereocenters. The Kier molecular flexibility index (Phi) is 5.30. The monoisotopic (exact) mass is 264 g/mol. The van der Waals surface area contributed by atoms with Crippen LogP contribution in [0.15, 0.2) is 18.2 Å². The lowest BCUT2D eigenvalue weighted by Crippen LogP contribution is -2.19. The van der Waals surface area contributed by atoms with Crippen LogP contribution in [0.2, 0.25) is 0 Å². The first-order valence-electron chi connectivity index (χ1n) is 5.80. The minimum atomic E-state index is -1.32. The van der Waals surface area contributed by atoms with Gasteiger partial charge in [-0.2, -0.15) is 5.26 Å². The molecule has 0 radical (unpaired) electrons. The van der Waals surface area contributed by atoms with E-state index in [-0.39, 0.29) is 29.8 Å². The minimum Gasteiger partial charge on any atom is -0.462 e. The van der Waals surface area contributed by atoms with E-state index >= 15 is 0 Å². The largest absolute Gasteiger partial charge is 0.462 e. The smallest absolute Gasteiger partial charge is 0.338 e. The van der Waals surface area contributed by atoms with Crippen LogP contribution in [0.5, 0.6) is 0 Å². The van der Waals surface area contributed by atoms with Crippen LogP contribution >= 0.6 is 0 Å². The lowest BCUT2D eigenvalue weighted by molar-refractivity contribution is 0.0219. The summed E-state index contributed by atoms with van der Waals surface area (Å²) in [6.45, 7) is 1.92. The van der Waals surface area contributed by atoms with E-state index < -0.39 is 18.2 Å². The molecule has 0 aliphatic heterocycles. The quantitative estimate of drug-likeness (QED) is 0.533. The molecule has 6 heteroatoms. The molecule has 1 aromatic rings. The average Bonchev–Trinajstić information content (AvgIpc) is 2.39. The number of nitrogen functional groups attached to an aromatic ring is 1. The molecule has 102 valence electrons. The Bertz CT molecular complexity index is 496. The maximum atomic E-state index is 11.6. The zero-order valence-corrected chi connectivity index (χ0v) is 10.5. The van der Waals surface area contributed by atoms with Gasteiger partial charge in [0.05, 0.1) is 30.8 Å². The van der Waals surface area contributed by atoms with Gasteiger partial charge in [0.2, 0.25) is 0 Å². The average molecular weight is 264 g/mol. The van der Waals surface area contributed by atoms with E-state index in [1.807, 2.05) is 0 Å². The normalized spacial score (nSPS) is 13.4. The Hall–Kier alpha value is -2.10. The highest BCUT2D eigenvalue weighted by molar-refractivity contribution is 5.90. The van der Waals surface area contributed by atoms with Crippen LogP contribution in [-0.2, 0) is 4.74 Å². The molecule has 0 aromatic heterocycles. The summed E-state index contributed by atoms with van der Waals surface area (Å²) in [6.07, 6.45) is -2.82. The van der Waals surface area contributed by atoms with E-state index in [1.54, 1.807) is 13.0 Å². The van der Waals surface area contributed by atoms with E-state index in [0.29, 0.717) is 0 Å². The van der Waals surface area contributed by atoms with Gasteiger partial charge in [-0.05, 0) is 25.1 Å². The summed E-state index contributed by atoms with van der Waals surface area (Å²) in [5, 5.41) is 28.0. The molecule has 4 N–H and O–H groups in total. The molecule has 6 nitrogen and oxygen atoms in total. The van der Waals surface area contributed by atoms with Gasteiger partial charge in [-0.1, -0.05) is 0 Å². The van der Waals surface area contributed by atoms with Gasteiger partial charge < -0.3 is 20.7 Å². The number of esters is 1. The van der Waals surface area contributed by atoms with Crippen LogP contribution < -0.4 is 5.73 Å². The Labute approximate surface area is 111 Å². The standard InChI is InChI=1S/C13H16N2O4/c1-2-19-13(18)8-3-4-10(15)9(7-8)12(17)11(16)5-6-14/h3-4,7,11-12,16-17H,2,5,15H2,1H3. The van der Waals surface area contributed by atoms with Crippen LogP contribution in [0, 0.1) is 11.3 Å². The molecule has 0 saturated carbocycles. The molecule has 0 fully saturated rings. The molecule has 1 aromatic carbocycles. The van der Waals surface area contributed by atoms with Crippen LogP contribution in [0.3, 0.4) is 0 Å². The fourth-order valence-electron chi connectivity index (χ4n) is 1.58. The summed E-state index contributed by atoms with van der Waals surface area (Å²) >= 11 is 0. The maximum Gasteiger partial charge on any atom is 0.338 e. The van der Waals surface area contributed by atoms with Crippen molar-refractivity contribution in [3.05, 3.63) is 29.3 Å². The van der Waals surface area contributed by atoms with Gasteiger partial charge in [0, 0.05) is 11.3 Å². The number of hydrogen-bond acceptors (Lipinski definition) is 6. The number of nitriles is 1. The molecule has 0 heterocycles. The Morgan fingerprint density at radius 2 is 2.21 bits per heavy atom. The highest BCUT2D eigenvalue weighted by atomic mass is 16.5. The van der Waals surface area contributed by atoms with Crippen molar-refractivity contribution >= 4 is 11.7 Å². The van der Waals surface area contributed by atoms with Gasteiger partial charge in [0.1, 0.15) is 6.10 Å². The van der Waals surface area contributed by atoms with Gasteiger partial charge in [-0.15, -0.1) is 0 Å². The highest BCUT2D eigenvalue weighted by Gasteiger charge is 2.21. The van der Waals surface area contributed by atoms with Crippen molar-refractivity contribution in [2.45, 2.75) is 25.6 Å². The predicted octanol–water partition coefficient (Wildman–Crippen LogP) is 0.753. The first kappa shape index (κ1) is 15.0. The number of anilines is 1. The third-order valence-corrected chi connectivity index (χ3v) is 2.58. The molecule has 2 unspecified atom stereocenters. The minimum absolute atomic E-state index is 0.202. The molecule has 0 saturated heterocycles. The number of carbonyl (C=O) groups excluding carboxylic acids is 1. The second kappa shape index (κ2) is 6.73. The molecular formula is C13H16N2O4. The Morgan fingerprint density at radius 1 is 1.53 bits per heavy atom. The van der Waals surface area contributed by atoms with Crippen molar-refractivity contribution in [3.63, 3.8) is 0 Å². The second-order valence-electron chi connectivity index (χ2n) is 3.94. The zero-order valence-electron chi connectivity index (χ0n) is 10.5. The van der Waals surface area contributed by atoms with Crippen LogP contribution in [0.25, 0.3) is 0 Å². The van der Waals surface area contributed by atoms with E-state index in [9.17, 15) is 15.0 Å². The van der Waals surface area contributed by atoms with E-state index in [0.717, 1.165) is 0 Å². The Morgan fingerprint density at radius 3 is 2.79 bits per heavy atom. The third kappa shape index (κ3) is 3.68. The number of carbonyl (C=O) groups is 1. The molecule has 19 heavy (non-hydrogen) atoms. The zero-order chi connectivity index (χ0) is 14.4. The number of ether oxygens (including phenoxy) is 1. The van der Waals surface area contributed by atoms with Crippen LogP contribution in [0.1, 0.15) is 35.4 Å². The van der Waals surface area contributed by atoms with E-state index in [4.69, 9.17) is 15.7 Å². The van der Waals surface area contributed by atoms with Gasteiger partial charge in [0.25, 0.3) is 0 Å². The number of nitrogens with zero attached hydrogens (tertiary/aromatic N) is 1. The third-order valence-electron chi connectivity index (χ3n) is 2.58. The topological polar surface area (TPSA) is 117 Å². The lowest BCUT2D eigenvalue weighted by Gasteiger charge is -2.18. The second-order valence-corrected chi connectivity index (χ2v) is 3.94. The van der Waals surface area contributed by atoms with Gasteiger partial charge >= 0.3 is 5.97 Å². The first-order chi connectivity index (χ1) is 9.01. The molecule has 1 rings (SSSR count). The number of benzene rings is 1. The van der Waals surface area contributed by atoms with Gasteiger partial charge in [-0.25, -0.2) is 4.79 Å². The van der Waals surface area contributed by atoms with Crippen molar-refractivity contribution in [1.29, 1.82) is 5.26 Å². The van der Waals surface area contributed by atoms with Crippen molar-refractivity contribution in [3.8, 4) is 6.07 Å². The summed E-state index contributed by atoms with van der Waals surface area (Å²) in [4.78, 5) is 11.6. The number of nitrogens with two attached hydrogens (primary N) is 1. The summed E-state index contributed by atoms with van der Waals surface area (Å²) in [5.74, 6) is -0.536. The molecule has 0 aliphatic rings. The predicted molar refractivity (Wildman–Crippen MR) is 68.0 cm³/mol. The molecule has 0 aliphatic carbocycles. The van der Waals surface area contributed by atoms with Crippen molar-refractivity contribution < 1.29 is 19.7 Å². The number of aliphatic hydroxyl groups is 2. The van der Waals surface area contributed by atoms with Gasteiger partial charge in [-0.3, -0.25) is 0 Å². The highest BCUT2D eigenvalue weighted by Crippen LogP contribution is 2.26. The van der Waals surface area contributed by atoms with Crippen molar-refractivity contribution in [1.82, 2.24) is 0 Å². The van der Waals surface area contributed by atoms with Crippen LogP contribution in [0.4, 0.5) is 5.69 Å². The first-order valence-corrected chi connectivity index (χ1v) is 5.80. The summed E-state index contributed by atoms with van der Waals surface area (Å²) in [7, 11) is 0. The van der Waals surface area contributed by atoms with Crippen LogP contribution in [-0.4, -0.2) is 28.9 Å². The fraction of sp³-hybridized carbons (Fsp3) is 0.385. The summed E-state index contributed by atoms with van der Waals surface area (Å²) in [6, 6.07) is 6.03. The van der Waals surface area contributed by atoms with Gasteiger partial charge in [0.15, 0.2) is 0 Å². The molecule has 0 bridgehead atoms. The van der Waals surface area contributed by atoms with Crippen molar-refractivity contribution in [2.24, 2.45) is 0 Å². The van der Waals surface area contributed by atoms with E-state index in [1.165, 1.54) is 18.2 Å². The summed E-state index contributed by atoms with van der Waals surface area (Å²) < 4.78 is 4.83.